The van der Waals surface area contributed by atoms with Gasteiger partial charge in [-0.1, -0.05) is 115 Å². The fraction of sp³-hybridized carbons (Fsp3) is 0.158. The molecule has 2 heterocycles. The second-order valence-electron chi connectivity index (χ2n) is 11.2. The highest BCUT2D eigenvalue weighted by Crippen LogP contribution is 2.33. The summed E-state index contributed by atoms with van der Waals surface area (Å²) in [6.45, 7) is 5.78. The molecule has 1 fully saturated rings. The Kier molecular flexibility index (Phi) is 9.46. The van der Waals surface area contributed by atoms with Crippen LogP contribution < -0.4 is 20.8 Å². The smallest absolute Gasteiger partial charge is 0.268 e. The lowest BCUT2D eigenvalue weighted by molar-refractivity contribution is 0.313. The largest absolute Gasteiger partial charge is 0.368 e. The number of anilines is 1. The summed E-state index contributed by atoms with van der Waals surface area (Å²) in [5.41, 5.74) is 2.58. The molecule has 0 radical (unpaired) electrons. The van der Waals surface area contributed by atoms with Crippen molar-refractivity contribution in [1.29, 1.82) is 0 Å². The van der Waals surface area contributed by atoms with Crippen LogP contribution in [0.2, 0.25) is 0 Å². The van der Waals surface area contributed by atoms with Gasteiger partial charge in [0.05, 0.1) is 10.4 Å². The maximum Gasteiger partial charge on any atom is 0.268 e. The zero-order chi connectivity index (χ0) is 31.2. The van der Waals surface area contributed by atoms with Gasteiger partial charge in [0, 0.05) is 42.9 Å². The predicted octanol–water partition coefficient (Wildman–Crippen LogP) is 6.38. The minimum absolute atomic E-state index is 0.311. The molecule has 45 heavy (non-hydrogen) atoms. The van der Waals surface area contributed by atoms with Crippen LogP contribution in [0, 0.1) is 6.92 Å². The Morgan fingerprint density at radius 3 is 1.53 bits per heavy atom. The molecular weight excluding hydrogens is 593 g/mol. The van der Waals surface area contributed by atoms with Gasteiger partial charge < -0.3 is 9.80 Å². The number of hydrogen-bond donors (Lipinski definition) is 0. The number of hydrogen-bond acceptors (Lipinski definition) is 4. The summed E-state index contributed by atoms with van der Waals surface area (Å²) >= 11 is 0. The summed E-state index contributed by atoms with van der Waals surface area (Å²) in [5.74, 6) is 0. The van der Waals surface area contributed by atoms with Gasteiger partial charge in [0.2, 0.25) is 0 Å². The third kappa shape index (κ3) is 6.74. The van der Waals surface area contributed by atoms with E-state index in [4.69, 9.17) is 0 Å². The Hall–Kier alpha value is -4.22. The number of nitrogens with zero attached hydrogens (tertiary/aromatic N) is 3. The number of piperazine rings is 1. The molecule has 0 bridgehead atoms. The van der Waals surface area contributed by atoms with Crippen LogP contribution in [0.25, 0.3) is 10.9 Å². The van der Waals surface area contributed by atoms with Gasteiger partial charge in [-0.05, 0) is 68.1 Å². The molecule has 0 N–H and O–H groups in total. The van der Waals surface area contributed by atoms with Gasteiger partial charge in [-0.25, -0.2) is 12.4 Å². The summed E-state index contributed by atoms with van der Waals surface area (Å²) in [5, 5.41) is 5.19. The fourth-order valence-corrected chi connectivity index (χ4v) is 9.71. The second kappa shape index (κ2) is 13.8. The molecule has 1 aliphatic rings. The lowest BCUT2D eigenvalue weighted by atomic mass is 10.1. The van der Waals surface area contributed by atoms with Crippen molar-refractivity contribution in [3.8, 4) is 0 Å². The lowest BCUT2D eigenvalue weighted by Crippen LogP contribution is -2.44. The summed E-state index contributed by atoms with van der Waals surface area (Å²) in [7, 11) is -1.94. The van der Waals surface area contributed by atoms with E-state index in [-0.39, 0.29) is 0 Å². The number of rotatable bonds is 6. The molecular formula is C38H38N3O2PS. The van der Waals surface area contributed by atoms with Gasteiger partial charge in [0.25, 0.3) is 10.0 Å². The average molecular weight is 632 g/mol. The van der Waals surface area contributed by atoms with E-state index in [0.717, 1.165) is 48.5 Å². The Morgan fingerprint density at radius 1 is 0.578 bits per heavy atom. The highest BCUT2D eigenvalue weighted by atomic mass is 32.2. The first-order valence-corrected chi connectivity index (χ1v) is 18.0. The molecule has 0 spiro atoms. The molecule has 0 aliphatic carbocycles. The minimum atomic E-state index is -3.62. The second-order valence-corrected chi connectivity index (χ2v) is 15.2. The van der Waals surface area contributed by atoms with E-state index in [1.165, 1.54) is 19.9 Å². The van der Waals surface area contributed by atoms with Crippen molar-refractivity contribution >= 4 is 50.4 Å². The molecule has 1 aliphatic heterocycles. The van der Waals surface area contributed by atoms with E-state index in [1.807, 2.05) is 31.2 Å². The molecule has 6 aromatic rings. The van der Waals surface area contributed by atoms with E-state index in [9.17, 15) is 8.42 Å². The van der Waals surface area contributed by atoms with Crippen molar-refractivity contribution in [3.05, 3.63) is 151 Å². The van der Waals surface area contributed by atoms with Crippen LogP contribution in [-0.4, -0.2) is 50.5 Å². The number of fused-ring (bicyclic) bond motifs is 1. The summed E-state index contributed by atoms with van der Waals surface area (Å²) in [6, 6.07) is 48.9. The average Bonchev–Trinajstić information content (AvgIpc) is 3.44. The van der Waals surface area contributed by atoms with E-state index < -0.39 is 17.9 Å². The number of likely N-dealkylation sites (N-methyl/N-ethyl adjacent to an activating group) is 1. The van der Waals surface area contributed by atoms with Crippen molar-refractivity contribution in [2.75, 3.05) is 38.1 Å². The lowest BCUT2D eigenvalue weighted by Gasteiger charge is -2.34. The van der Waals surface area contributed by atoms with Gasteiger partial charge in [0.15, 0.2) is 0 Å². The number of benzene rings is 5. The van der Waals surface area contributed by atoms with Crippen LogP contribution in [0.4, 0.5) is 5.69 Å². The maximum atomic E-state index is 13.2. The topological polar surface area (TPSA) is 45.5 Å². The first-order chi connectivity index (χ1) is 21.9. The zero-order valence-corrected chi connectivity index (χ0v) is 27.4. The van der Waals surface area contributed by atoms with Crippen LogP contribution in [0.1, 0.15) is 5.69 Å². The monoisotopic (exact) mass is 631 g/mol. The first kappa shape index (κ1) is 30.8. The number of aromatic nitrogens is 1. The van der Waals surface area contributed by atoms with Gasteiger partial charge in [0.1, 0.15) is 0 Å². The third-order valence-corrected chi connectivity index (χ3v) is 12.4. The van der Waals surface area contributed by atoms with Crippen molar-refractivity contribution in [1.82, 2.24) is 8.87 Å². The molecule has 0 atom stereocenters. The van der Waals surface area contributed by atoms with Crippen molar-refractivity contribution in [3.63, 3.8) is 0 Å². The van der Waals surface area contributed by atoms with Crippen molar-refractivity contribution in [2.45, 2.75) is 11.8 Å². The van der Waals surface area contributed by atoms with E-state index in [2.05, 4.69) is 114 Å². The maximum absolute atomic E-state index is 13.2. The van der Waals surface area contributed by atoms with Gasteiger partial charge in [-0.15, -0.1) is 0 Å². The standard InChI is InChI=1S/C20H23N3O2S.C18H15P/c1-16-15-18-19(22-13-11-21(2)12-14-22)9-6-10-20(18)23(16)26(24,25)17-7-4-3-5-8-17;1-4-10-16(11-5-1)19(17-12-6-2-7-13-17)18-14-8-3-9-15-18/h3-10,15H,11-14H2,1-2H3;1-15H. The fourth-order valence-electron chi connectivity index (χ4n) is 5.84. The Bertz CT molecular complexity index is 1850. The van der Waals surface area contributed by atoms with Crippen LogP contribution in [0.5, 0.6) is 0 Å². The molecule has 5 aromatic carbocycles. The van der Waals surface area contributed by atoms with Gasteiger partial charge >= 0.3 is 0 Å². The summed E-state index contributed by atoms with van der Waals surface area (Å²) in [6.07, 6.45) is 0. The molecule has 0 amide bonds. The van der Waals surface area contributed by atoms with E-state index in [1.54, 1.807) is 24.3 Å². The SMILES string of the molecule is Cc1cc2c(N3CCN(C)CC3)cccc2n1S(=O)(=O)c1ccccc1.c1ccc(P(c2ccccc2)c2ccccc2)cc1. The molecule has 7 heteroatoms. The van der Waals surface area contributed by atoms with Crippen LogP contribution in [0.15, 0.2) is 150 Å². The van der Waals surface area contributed by atoms with Crippen molar-refractivity contribution < 1.29 is 8.42 Å². The molecule has 1 aromatic heterocycles. The van der Waals surface area contributed by atoms with Gasteiger partial charge in [-0.2, -0.15) is 0 Å². The molecule has 1 saturated heterocycles. The Morgan fingerprint density at radius 2 is 1.04 bits per heavy atom. The molecule has 5 nitrogen and oxygen atoms in total. The normalized spacial score (nSPS) is 13.9. The van der Waals surface area contributed by atoms with Crippen LogP contribution >= 0.6 is 7.92 Å². The summed E-state index contributed by atoms with van der Waals surface area (Å²) in [4.78, 5) is 4.97. The molecule has 228 valence electrons. The van der Waals surface area contributed by atoms with E-state index in [0.29, 0.717) is 4.90 Å². The first-order valence-electron chi connectivity index (χ1n) is 15.2. The van der Waals surface area contributed by atoms with Crippen LogP contribution in [-0.2, 0) is 10.0 Å². The molecule has 0 unspecified atom stereocenters. The Labute approximate surface area is 268 Å². The highest BCUT2D eigenvalue weighted by Gasteiger charge is 2.24. The quantitative estimate of drug-likeness (QED) is 0.200. The molecule has 7 rings (SSSR count). The zero-order valence-electron chi connectivity index (χ0n) is 25.7. The van der Waals surface area contributed by atoms with Gasteiger partial charge in [-0.3, -0.25) is 0 Å². The highest BCUT2D eigenvalue weighted by molar-refractivity contribution is 7.90. The third-order valence-electron chi connectivity index (χ3n) is 8.12. The Balaban J connectivity index is 0.000000167. The number of aryl methyl sites for hydroxylation is 1. The summed E-state index contributed by atoms with van der Waals surface area (Å²) < 4.78 is 27.9. The minimum Gasteiger partial charge on any atom is -0.368 e. The molecule has 0 saturated carbocycles. The van der Waals surface area contributed by atoms with E-state index >= 15 is 0 Å². The van der Waals surface area contributed by atoms with Crippen molar-refractivity contribution in [2.24, 2.45) is 0 Å². The van der Waals surface area contributed by atoms with Crippen LogP contribution in [0.3, 0.4) is 0 Å². The predicted molar refractivity (Wildman–Crippen MR) is 191 cm³/mol.